The topological polar surface area (TPSA) is 33.5 Å². The number of carbonyl (C=O) groups is 1. The van der Waals surface area contributed by atoms with Gasteiger partial charge in [-0.05, 0) is 50.1 Å². The van der Waals surface area contributed by atoms with E-state index < -0.39 is 0 Å². The summed E-state index contributed by atoms with van der Waals surface area (Å²) in [5.41, 5.74) is 1.61. The Kier molecular flexibility index (Phi) is 3.53. The maximum atomic E-state index is 11.4. The summed E-state index contributed by atoms with van der Waals surface area (Å²) < 4.78 is 5.43. The van der Waals surface area contributed by atoms with E-state index in [-0.39, 0.29) is 5.78 Å². The Morgan fingerprint density at radius 1 is 1.40 bits per heavy atom. The molecule has 0 spiro atoms. The van der Waals surface area contributed by atoms with Crippen LogP contribution in [0.4, 0.5) is 5.69 Å². The number of nitrogens with zero attached hydrogens (tertiary/aromatic N) is 1. The number of ketones is 1. The lowest BCUT2D eigenvalue weighted by molar-refractivity contribution is 0.101. The number of hydrogen-bond acceptors (Lipinski definition) is 3. The number of Topliss-reactive ketones (excluding diaryl/α,β-unsaturated/α-hetero) is 1. The van der Waals surface area contributed by atoms with Gasteiger partial charge in [-0.3, -0.25) is 4.79 Å². The summed E-state index contributed by atoms with van der Waals surface area (Å²) in [7, 11) is 0. The molecule has 104 valence electrons. The zero-order valence-electron chi connectivity index (χ0n) is 11.3. The van der Waals surface area contributed by atoms with Crippen LogP contribution in [0, 0.1) is 0 Å². The molecule has 0 bridgehead atoms. The van der Waals surface area contributed by atoms with E-state index in [0.717, 1.165) is 11.4 Å². The lowest BCUT2D eigenvalue weighted by atomic mass is 10.1. The summed E-state index contributed by atoms with van der Waals surface area (Å²) in [6.07, 6.45) is 4.03. The van der Waals surface area contributed by atoms with E-state index in [1.807, 2.05) is 24.3 Å². The van der Waals surface area contributed by atoms with Crippen molar-refractivity contribution in [3.63, 3.8) is 0 Å². The Bertz CT molecular complexity index is 617. The third kappa shape index (κ3) is 2.73. The minimum Gasteiger partial charge on any atom is -0.467 e. The molecule has 0 amide bonds. The highest BCUT2D eigenvalue weighted by Crippen LogP contribution is 2.37. The largest absolute Gasteiger partial charge is 0.467 e. The van der Waals surface area contributed by atoms with Gasteiger partial charge in [-0.15, -0.1) is 0 Å². The van der Waals surface area contributed by atoms with Gasteiger partial charge in [-0.25, -0.2) is 0 Å². The zero-order chi connectivity index (χ0) is 14.1. The van der Waals surface area contributed by atoms with E-state index in [0.29, 0.717) is 23.2 Å². The Labute approximate surface area is 123 Å². The normalized spacial score (nSPS) is 14.3. The van der Waals surface area contributed by atoms with Crippen LogP contribution in [0.1, 0.15) is 35.9 Å². The number of benzene rings is 1. The molecule has 0 radical (unpaired) electrons. The summed E-state index contributed by atoms with van der Waals surface area (Å²) >= 11 is 6.36. The van der Waals surface area contributed by atoms with Crippen LogP contribution >= 0.6 is 11.6 Å². The van der Waals surface area contributed by atoms with Crippen molar-refractivity contribution in [2.45, 2.75) is 32.4 Å². The molecule has 2 aromatic rings. The van der Waals surface area contributed by atoms with Crippen molar-refractivity contribution in [3.05, 3.63) is 52.9 Å². The highest BCUT2D eigenvalue weighted by atomic mass is 35.5. The molecule has 0 saturated heterocycles. The number of furan rings is 1. The van der Waals surface area contributed by atoms with Gasteiger partial charge in [0.25, 0.3) is 0 Å². The number of anilines is 1. The smallest absolute Gasteiger partial charge is 0.159 e. The standard InChI is InChI=1S/C16H16ClNO2/c1-11(19)12-4-7-16(15(17)9-12)18(13-5-6-13)10-14-3-2-8-20-14/h2-4,7-9,13H,5-6,10H2,1H3. The summed E-state index contributed by atoms with van der Waals surface area (Å²) in [6.45, 7) is 2.25. The second-order valence-electron chi connectivity index (χ2n) is 5.16. The van der Waals surface area contributed by atoms with E-state index in [1.54, 1.807) is 19.3 Å². The van der Waals surface area contributed by atoms with Crippen LogP contribution < -0.4 is 4.90 Å². The van der Waals surface area contributed by atoms with Gasteiger partial charge in [0.05, 0.1) is 23.5 Å². The summed E-state index contributed by atoms with van der Waals surface area (Å²) in [4.78, 5) is 13.6. The first-order chi connectivity index (χ1) is 9.65. The number of halogens is 1. The van der Waals surface area contributed by atoms with E-state index in [2.05, 4.69) is 4.90 Å². The van der Waals surface area contributed by atoms with Crippen molar-refractivity contribution < 1.29 is 9.21 Å². The highest BCUT2D eigenvalue weighted by molar-refractivity contribution is 6.33. The number of rotatable bonds is 5. The Morgan fingerprint density at radius 3 is 2.75 bits per heavy atom. The second-order valence-corrected chi connectivity index (χ2v) is 5.57. The monoisotopic (exact) mass is 289 g/mol. The molecule has 20 heavy (non-hydrogen) atoms. The molecule has 1 aromatic heterocycles. The maximum Gasteiger partial charge on any atom is 0.159 e. The molecular formula is C16H16ClNO2. The molecule has 1 fully saturated rings. The van der Waals surface area contributed by atoms with Gasteiger partial charge in [0.1, 0.15) is 5.76 Å². The third-order valence-corrected chi connectivity index (χ3v) is 3.86. The molecule has 1 heterocycles. The second kappa shape index (κ2) is 5.33. The van der Waals surface area contributed by atoms with Crippen LogP contribution in [0.5, 0.6) is 0 Å². The van der Waals surface area contributed by atoms with E-state index in [1.165, 1.54) is 12.8 Å². The van der Waals surface area contributed by atoms with Crippen molar-refractivity contribution in [2.75, 3.05) is 4.90 Å². The summed E-state index contributed by atoms with van der Waals surface area (Å²) in [5.74, 6) is 0.950. The lowest BCUT2D eigenvalue weighted by Crippen LogP contribution is -2.25. The van der Waals surface area contributed by atoms with Crippen molar-refractivity contribution in [2.24, 2.45) is 0 Å². The van der Waals surface area contributed by atoms with Gasteiger partial charge in [0.2, 0.25) is 0 Å². The molecule has 0 atom stereocenters. The SMILES string of the molecule is CC(=O)c1ccc(N(Cc2ccco2)C2CC2)c(Cl)c1. The highest BCUT2D eigenvalue weighted by Gasteiger charge is 2.31. The van der Waals surface area contributed by atoms with Gasteiger partial charge in [-0.1, -0.05) is 11.6 Å². The Hall–Kier alpha value is -1.74. The van der Waals surface area contributed by atoms with Crippen LogP contribution in [0.25, 0.3) is 0 Å². The van der Waals surface area contributed by atoms with Crippen LogP contribution in [0.3, 0.4) is 0 Å². The fourth-order valence-corrected chi connectivity index (χ4v) is 2.62. The lowest BCUT2D eigenvalue weighted by Gasteiger charge is -2.25. The molecule has 0 unspecified atom stereocenters. The average Bonchev–Trinajstić information content (AvgIpc) is 3.14. The summed E-state index contributed by atoms with van der Waals surface area (Å²) in [6, 6.07) is 9.88. The predicted octanol–water partition coefficient (Wildman–Crippen LogP) is 4.30. The molecule has 1 aliphatic carbocycles. The maximum absolute atomic E-state index is 11.4. The first kappa shape index (κ1) is 13.3. The molecule has 1 aliphatic rings. The van der Waals surface area contributed by atoms with E-state index >= 15 is 0 Å². The minimum absolute atomic E-state index is 0.0301. The van der Waals surface area contributed by atoms with Crippen LogP contribution in [0.2, 0.25) is 5.02 Å². The third-order valence-electron chi connectivity index (χ3n) is 3.56. The van der Waals surface area contributed by atoms with Crippen molar-refractivity contribution in [1.29, 1.82) is 0 Å². The molecule has 3 nitrogen and oxygen atoms in total. The van der Waals surface area contributed by atoms with Crippen LogP contribution in [-0.4, -0.2) is 11.8 Å². The number of hydrogen-bond donors (Lipinski definition) is 0. The van der Waals surface area contributed by atoms with Crippen molar-refractivity contribution in [1.82, 2.24) is 0 Å². The van der Waals surface area contributed by atoms with Gasteiger partial charge in [0.15, 0.2) is 5.78 Å². The van der Waals surface area contributed by atoms with Crippen molar-refractivity contribution in [3.8, 4) is 0 Å². The molecule has 3 rings (SSSR count). The predicted molar refractivity (Wildman–Crippen MR) is 79.4 cm³/mol. The summed E-state index contributed by atoms with van der Waals surface area (Å²) in [5, 5.41) is 0.621. The fourth-order valence-electron chi connectivity index (χ4n) is 2.33. The first-order valence-corrected chi connectivity index (χ1v) is 7.12. The molecule has 4 heteroatoms. The quantitative estimate of drug-likeness (QED) is 0.769. The van der Waals surface area contributed by atoms with Crippen LogP contribution in [0.15, 0.2) is 41.0 Å². The minimum atomic E-state index is 0.0301. The van der Waals surface area contributed by atoms with Gasteiger partial charge < -0.3 is 9.32 Å². The van der Waals surface area contributed by atoms with Crippen LogP contribution in [-0.2, 0) is 6.54 Å². The average molecular weight is 290 g/mol. The molecule has 0 N–H and O–H groups in total. The Balaban J connectivity index is 1.89. The van der Waals surface area contributed by atoms with Gasteiger partial charge in [0, 0.05) is 11.6 Å². The molecule has 1 saturated carbocycles. The zero-order valence-corrected chi connectivity index (χ0v) is 12.1. The van der Waals surface area contributed by atoms with Gasteiger partial charge >= 0.3 is 0 Å². The van der Waals surface area contributed by atoms with E-state index in [4.69, 9.17) is 16.0 Å². The van der Waals surface area contributed by atoms with E-state index in [9.17, 15) is 4.79 Å². The first-order valence-electron chi connectivity index (χ1n) is 6.74. The molecular weight excluding hydrogens is 274 g/mol. The molecule has 1 aromatic carbocycles. The fraction of sp³-hybridized carbons (Fsp3) is 0.312. The van der Waals surface area contributed by atoms with Crippen molar-refractivity contribution >= 4 is 23.1 Å². The Morgan fingerprint density at radius 2 is 2.20 bits per heavy atom. The van der Waals surface area contributed by atoms with Gasteiger partial charge in [-0.2, -0.15) is 0 Å². The molecule has 0 aliphatic heterocycles. The number of carbonyl (C=O) groups excluding carboxylic acids is 1.